The second kappa shape index (κ2) is 12.0. The number of para-hydroxylation sites is 1. The van der Waals surface area contributed by atoms with E-state index in [-0.39, 0.29) is 16.2 Å². The van der Waals surface area contributed by atoms with Crippen molar-refractivity contribution in [1.29, 1.82) is 0 Å². The monoisotopic (exact) mass is 795 g/mol. The van der Waals surface area contributed by atoms with Crippen molar-refractivity contribution in [3.8, 4) is 61.7 Å². The van der Waals surface area contributed by atoms with Crippen molar-refractivity contribution < 1.29 is 0 Å². The van der Waals surface area contributed by atoms with Gasteiger partial charge in [-0.3, -0.25) is 4.57 Å². The summed E-state index contributed by atoms with van der Waals surface area (Å²) in [6.07, 6.45) is 0. The van der Waals surface area contributed by atoms with Crippen LogP contribution in [0.3, 0.4) is 0 Å². The Morgan fingerprint density at radius 1 is 0.371 bits per heavy atom. The minimum Gasteiger partial charge on any atom is -0.278 e. The first-order valence-electron chi connectivity index (χ1n) is 22.0. The molecule has 3 aliphatic rings. The van der Waals surface area contributed by atoms with E-state index in [4.69, 9.17) is 9.97 Å². The second-order valence-electron chi connectivity index (χ2n) is 19.4. The van der Waals surface area contributed by atoms with Crippen LogP contribution in [0.1, 0.15) is 74.9 Å². The standard InChI is InChI=1S/C59H45N3/c1-57(2)47-20-12-9-17-39(47)44-31-34(24-29-49(44)57)35-25-30-52-45(32-35)42-28-27-41-38-16-8-13-21-48(38)59(5,6)53(41)55(42)62(52)56-60-51-22-14-10-18-43(51)54(61-56)36-23-26-40-37-15-7-11-19-46(37)58(3,4)50(40)33-36/h7-33H,1-6H3. The fraction of sp³-hybridized carbons (Fsp3) is 0.153. The number of fused-ring (bicyclic) bond motifs is 14. The maximum atomic E-state index is 5.67. The summed E-state index contributed by atoms with van der Waals surface area (Å²) in [4.78, 5) is 11.1. The molecule has 2 aromatic heterocycles. The van der Waals surface area contributed by atoms with Crippen LogP contribution < -0.4 is 0 Å². The molecular weight excluding hydrogens is 751 g/mol. The van der Waals surface area contributed by atoms with Gasteiger partial charge in [0, 0.05) is 38.0 Å². The minimum absolute atomic E-state index is 0.0354. The van der Waals surface area contributed by atoms with E-state index in [1.54, 1.807) is 0 Å². The molecule has 2 heterocycles. The lowest BCUT2D eigenvalue weighted by Gasteiger charge is -2.23. The Labute approximate surface area is 362 Å². The molecule has 0 saturated carbocycles. The summed E-state index contributed by atoms with van der Waals surface area (Å²) >= 11 is 0. The van der Waals surface area contributed by atoms with E-state index < -0.39 is 0 Å². The quantitative estimate of drug-likeness (QED) is 0.178. The molecule has 0 aliphatic heterocycles. The highest BCUT2D eigenvalue weighted by Gasteiger charge is 2.40. The molecule has 13 rings (SSSR count). The molecule has 10 aromatic rings. The van der Waals surface area contributed by atoms with Gasteiger partial charge in [0.15, 0.2) is 0 Å². The lowest BCUT2D eigenvalue weighted by Crippen LogP contribution is -2.17. The van der Waals surface area contributed by atoms with Gasteiger partial charge in [0.1, 0.15) is 0 Å². The van der Waals surface area contributed by atoms with Gasteiger partial charge in [0.05, 0.1) is 22.2 Å². The summed E-state index contributed by atoms with van der Waals surface area (Å²) in [6, 6.07) is 61.0. The average molecular weight is 796 g/mol. The topological polar surface area (TPSA) is 30.7 Å². The Kier molecular flexibility index (Phi) is 6.92. The van der Waals surface area contributed by atoms with Crippen LogP contribution in [0.5, 0.6) is 0 Å². The zero-order valence-electron chi connectivity index (χ0n) is 35.9. The number of hydrogen-bond acceptors (Lipinski definition) is 2. The summed E-state index contributed by atoms with van der Waals surface area (Å²) in [6.45, 7) is 14.2. The smallest absolute Gasteiger partial charge is 0.235 e. The molecule has 0 amide bonds. The summed E-state index contributed by atoms with van der Waals surface area (Å²) in [7, 11) is 0. The Hall–Kier alpha value is -7.10. The van der Waals surface area contributed by atoms with Gasteiger partial charge in [-0.15, -0.1) is 0 Å². The molecular formula is C59H45N3. The molecule has 0 fully saturated rings. The van der Waals surface area contributed by atoms with E-state index in [0.717, 1.165) is 27.7 Å². The van der Waals surface area contributed by atoms with E-state index in [2.05, 4.69) is 210 Å². The number of hydrogen-bond donors (Lipinski definition) is 0. The molecule has 0 saturated heterocycles. The fourth-order valence-corrected chi connectivity index (χ4v) is 11.9. The highest BCUT2D eigenvalue weighted by atomic mass is 15.2. The van der Waals surface area contributed by atoms with Gasteiger partial charge in [-0.1, -0.05) is 175 Å². The zero-order chi connectivity index (χ0) is 41.9. The van der Waals surface area contributed by atoms with Crippen LogP contribution in [0.15, 0.2) is 164 Å². The van der Waals surface area contributed by atoms with Crippen molar-refractivity contribution in [1.82, 2.24) is 14.5 Å². The van der Waals surface area contributed by atoms with Gasteiger partial charge in [-0.05, 0) is 108 Å². The van der Waals surface area contributed by atoms with E-state index in [1.165, 1.54) is 94.2 Å². The van der Waals surface area contributed by atoms with Crippen molar-refractivity contribution in [2.24, 2.45) is 0 Å². The third-order valence-electron chi connectivity index (χ3n) is 15.0. The van der Waals surface area contributed by atoms with Gasteiger partial charge < -0.3 is 0 Å². The number of rotatable bonds is 3. The van der Waals surface area contributed by atoms with E-state index in [1.807, 2.05) is 0 Å². The summed E-state index contributed by atoms with van der Waals surface area (Å²) in [5, 5.41) is 3.46. The van der Waals surface area contributed by atoms with Crippen molar-refractivity contribution >= 4 is 32.7 Å². The summed E-state index contributed by atoms with van der Waals surface area (Å²) in [5.74, 6) is 0.686. The first-order valence-corrected chi connectivity index (χ1v) is 22.0. The molecule has 8 aromatic carbocycles. The van der Waals surface area contributed by atoms with Crippen LogP contribution in [0.2, 0.25) is 0 Å². The van der Waals surface area contributed by atoms with Gasteiger partial charge in [-0.2, -0.15) is 0 Å². The molecule has 3 nitrogen and oxygen atoms in total. The van der Waals surface area contributed by atoms with Gasteiger partial charge in [0.2, 0.25) is 5.95 Å². The van der Waals surface area contributed by atoms with E-state index in [0.29, 0.717) is 5.95 Å². The lowest BCUT2D eigenvalue weighted by atomic mass is 9.81. The van der Waals surface area contributed by atoms with E-state index in [9.17, 15) is 0 Å². The van der Waals surface area contributed by atoms with Gasteiger partial charge >= 0.3 is 0 Å². The first-order chi connectivity index (χ1) is 30.0. The molecule has 3 heteroatoms. The van der Waals surface area contributed by atoms with Crippen LogP contribution in [0.25, 0.3) is 94.4 Å². The largest absolute Gasteiger partial charge is 0.278 e. The van der Waals surface area contributed by atoms with Crippen LogP contribution >= 0.6 is 0 Å². The lowest BCUT2D eigenvalue weighted by molar-refractivity contribution is 0.660. The molecule has 0 bridgehead atoms. The zero-order valence-corrected chi connectivity index (χ0v) is 35.9. The maximum Gasteiger partial charge on any atom is 0.235 e. The van der Waals surface area contributed by atoms with Crippen molar-refractivity contribution in [3.05, 3.63) is 197 Å². The van der Waals surface area contributed by atoms with Crippen molar-refractivity contribution in [3.63, 3.8) is 0 Å². The molecule has 0 spiro atoms. The third kappa shape index (κ3) is 4.55. The highest BCUT2D eigenvalue weighted by Crippen LogP contribution is 2.54. The van der Waals surface area contributed by atoms with E-state index >= 15 is 0 Å². The predicted molar refractivity (Wildman–Crippen MR) is 257 cm³/mol. The molecule has 296 valence electrons. The Morgan fingerprint density at radius 3 is 1.68 bits per heavy atom. The van der Waals surface area contributed by atoms with Crippen molar-refractivity contribution in [2.75, 3.05) is 0 Å². The Balaban J connectivity index is 1.07. The summed E-state index contributed by atoms with van der Waals surface area (Å²) < 4.78 is 2.38. The van der Waals surface area contributed by atoms with Crippen LogP contribution in [0.4, 0.5) is 0 Å². The number of nitrogens with zero attached hydrogens (tertiary/aromatic N) is 3. The van der Waals surface area contributed by atoms with Crippen LogP contribution in [-0.4, -0.2) is 14.5 Å². The molecule has 0 unspecified atom stereocenters. The average Bonchev–Trinajstić information content (AvgIpc) is 3.91. The maximum absolute atomic E-state index is 5.67. The molecule has 0 N–H and O–H groups in total. The Bertz CT molecular complexity index is 3610. The highest BCUT2D eigenvalue weighted by molar-refractivity contribution is 6.14. The third-order valence-corrected chi connectivity index (χ3v) is 15.0. The molecule has 62 heavy (non-hydrogen) atoms. The molecule has 0 atom stereocenters. The summed E-state index contributed by atoms with van der Waals surface area (Å²) in [5.41, 5.74) is 23.3. The predicted octanol–water partition coefficient (Wildman–Crippen LogP) is 15.0. The SMILES string of the molecule is CC1(C)c2ccccc2-c2cc(-c3ccc4c(c3)c3ccc5c(c3n4-c3nc(-c4ccc6c(c4)C(C)(C)c4ccccc4-6)c4ccccc4n3)C(C)(C)c3ccccc3-5)ccc21. The molecule has 3 aliphatic carbocycles. The number of aromatic nitrogens is 3. The Morgan fingerprint density at radius 2 is 0.919 bits per heavy atom. The van der Waals surface area contributed by atoms with Gasteiger partial charge in [0.25, 0.3) is 0 Å². The first kappa shape index (κ1) is 35.6. The second-order valence-corrected chi connectivity index (χ2v) is 19.4. The van der Waals surface area contributed by atoms with Gasteiger partial charge in [-0.25, -0.2) is 9.97 Å². The minimum atomic E-state index is -0.249. The number of benzene rings is 8. The fourth-order valence-electron chi connectivity index (χ4n) is 11.9. The normalized spacial score (nSPS) is 15.6. The van der Waals surface area contributed by atoms with Crippen LogP contribution in [0, 0.1) is 0 Å². The van der Waals surface area contributed by atoms with Crippen molar-refractivity contribution in [2.45, 2.75) is 57.8 Å². The van der Waals surface area contributed by atoms with Crippen LogP contribution in [-0.2, 0) is 16.2 Å². The molecule has 0 radical (unpaired) electrons.